The number of rotatable bonds is 5. The second-order valence-electron chi connectivity index (χ2n) is 10.8. The maximum Gasteiger partial charge on any atom is 0.157 e. The molecule has 0 aliphatic rings. The standard InChI is InChI=1S/C39H28N4S/c40-38(26-13-3-1-4-14-26)42-39(27-15-5-2-6-16-27)41-25-28-17-7-10-20-32(28)43-33-21-11-8-18-29(33)30-23-24-35-36(37(30)43)31-19-9-12-22-34(31)44-35/h1-24H,25H2,(H2,40,41,42). The number of hydrogen-bond donors (Lipinski definition) is 1. The highest BCUT2D eigenvalue weighted by Crippen LogP contribution is 2.43. The van der Waals surface area contributed by atoms with E-state index < -0.39 is 0 Å². The molecule has 8 aromatic rings. The molecule has 0 saturated heterocycles. The number of nitrogens with zero attached hydrogens (tertiary/aromatic N) is 3. The van der Waals surface area contributed by atoms with E-state index in [0.717, 1.165) is 22.4 Å². The highest BCUT2D eigenvalue weighted by molar-refractivity contribution is 7.26. The Balaban J connectivity index is 1.34. The van der Waals surface area contributed by atoms with Gasteiger partial charge in [-0.3, -0.25) is 4.99 Å². The highest BCUT2D eigenvalue weighted by Gasteiger charge is 2.19. The summed E-state index contributed by atoms with van der Waals surface area (Å²) in [7, 11) is 0. The van der Waals surface area contributed by atoms with E-state index in [-0.39, 0.29) is 0 Å². The van der Waals surface area contributed by atoms with E-state index in [1.807, 2.05) is 72.0 Å². The predicted molar refractivity (Wildman–Crippen MR) is 188 cm³/mol. The van der Waals surface area contributed by atoms with Crippen LogP contribution in [0.15, 0.2) is 156 Å². The number of amidine groups is 2. The maximum atomic E-state index is 6.49. The molecule has 0 aliphatic carbocycles. The summed E-state index contributed by atoms with van der Waals surface area (Å²) >= 11 is 1.85. The topological polar surface area (TPSA) is 55.7 Å². The third kappa shape index (κ3) is 4.46. The SMILES string of the molecule is NC(=NC(=NCc1ccccc1-n1c2ccccc2c2ccc3sc4ccccc4c3c21)c1ccccc1)c1ccccc1. The normalized spacial score (nSPS) is 12.5. The Labute approximate surface area is 259 Å². The molecule has 0 bridgehead atoms. The molecule has 210 valence electrons. The van der Waals surface area contributed by atoms with E-state index in [0.29, 0.717) is 18.2 Å². The van der Waals surface area contributed by atoms with Crippen LogP contribution in [0.5, 0.6) is 0 Å². The summed E-state index contributed by atoms with van der Waals surface area (Å²) in [5.41, 5.74) is 12.9. The van der Waals surface area contributed by atoms with Crippen molar-refractivity contribution in [3.8, 4) is 5.69 Å². The lowest BCUT2D eigenvalue weighted by Gasteiger charge is -2.14. The molecular formula is C39H28N4S. The molecule has 0 radical (unpaired) electrons. The van der Waals surface area contributed by atoms with Gasteiger partial charge in [-0.1, -0.05) is 121 Å². The second-order valence-corrected chi connectivity index (χ2v) is 11.9. The van der Waals surface area contributed by atoms with Gasteiger partial charge in [0.15, 0.2) is 5.84 Å². The van der Waals surface area contributed by atoms with Crippen molar-refractivity contribution >= 4 is 65.0 Å². The quantitative estimate of drug-likeness (QED) is 0.159. The largest absolute Gasteiger partial charge is 0.383 e. The molecule has 0 aliphatic heterocycles. The fourth-order valence-electron chi connectivity index (χ4n) is 6.10. The number of aliphatic imine (C=N–C) groups is 2. The van der Waals surface area contributed by atoms with Gasteiger partial charge in [-0.15, -0.1) is 11.3 Å². The van der Waals surface area contributed by atoms with Gasteiger partial charge in [0.25, 0.3) is 0 Å². The van der Waals surface area contributed by atoms with Gasteiger partial charge in [0.05, 0.1) is 23.3 Å². The zero-order chi connectivity index (χ0) is 29.5. The monoisotopic (exact) mass is 584 g/mol. The van der Waals surface area contributed by atoms with E-state index in [1.165, 1.54) is 42.0 Å². The van der Waals surface area contributed by atoms with Crippen LogP contribution in [-0.4, -0.2) is 16.2 Å². The number of nitrogens with two attached hydrogens (primary N) is 1. The number of para-hydroxylation sites is 2. The Morgan fingerprint density at radius 3 is 2.07 bits per heavy atom. The molecule has 4 nitrogen and oxygen atoms in total. The Hall–Kier alpha value is -5.52. The number of aromatic nitrogens is 1. The van der Waals surface area contributed by atoms with Crippen molar-refractivity contribution in [1.82, 2.24) is 4.57 Å². The first-order chi connectivity index (χ1) is 21.8. The Morgan fingerprint density at radius 1 is 0.591 bits per heavy atom. The van der Waals surface area contributed by atoms with Gasteiger partial charge < -0.3 is 10.3 Å². The molecule has 2 N–H and O–H groups in total. The van der Waals surface area contributed by atoms with Crippen LogP contribution in [-0.2, 0) is 6.54 Å². The fourth-order valence-corrected chi connectivity index (χ4v) is 7.21. The number of fused-ring (bicyclic) bond motifs is 7. The number of hydrogen-bond acceptors (Lipinski definition) is 2. The van der Waals surface area contributed by atoms with Gasteiger partial charge in [-0.05, 0) is 29.8 Å². The molecule has 0 spiro atoms. The van der Waals surface area contributed by atoms with Crippen LogP contribution in [0, 0.1) is 0 Å². The molecule has 8 rings (SSSR count). The summed E-state index contributed by atoms with van der Waals surface area (Å²) in [5, 5.41) is 5.07. The zero-order valence-electron chi connectivity index (χ0n) is 23.9. The minimum absolute atomic E-state index is 0.440. The maximum absolute atomic E-state index is 6.49. The first kappa shape index (κ1) is 26.1. The minimum Gasteiger partial charge on any atom is -0.383 e. The van der Waals surface area contributed by atoms with Crippen LogP contribution in [0.4, 0.5) is 0 Å². The van der Waals surface area contributed by atoms with Gasteiger partial charge in [0, 0.05) is 42.1 Å². The van der Waals surface area contributed by atoms with Crippen LogP contribution in [0.3, 0.4) is 0 Å². The van der Waals surface area contributed by atoms with E-state index in [1.54, 1.807) is 0 Å². The molecule has 0 saturated carbocycles. The molecule has 0 unspecified atom stereocenters. The highest BCUT2D eigenvalue weighted by atomic mass is 32.1. The molecule has 0 atom stereocenters. The van der Waals surface area contributed by atoms with Crippen molar-refractivity contribution in [3.63, 3.8) is 0 Å². The van der Waals surface area contributed by atoms with Gasteiger partial charge in [0.1, 0.15) is 5.84 Å². The Kier molecular flexibility index (Phi) is 6.51. The van der Waals surface area contributed by atoms with Crippen LogP contribution in [0.25, 0.3) is 47.7 Å². The predicted octanol–water partition coefficient (Wildman–Crippen LogP) is 9.50. The summed E-state index contributed by atoms with van der Waals surface area (Å²) in [6, 6.07) is 50.4. The average molecular weight is 585 g/mol. The third-order valence-corrected chi connectivity index (χ3v) is 9.27. The van der Waals surface area contributed by atoms with Crippen molar-refractivity contribution < 1.29 is 0 Å². The second kappa shape index (κ2) is 11.0. The lowest BCUT2D eigenvalue weighted by molar-refractivity contribution is 1.02. The van der Waals surface area contributed by atoms with E-state index in [4.69, 9.17) is 15.7 Å². The first-order valence-corrected chi connectivity index (χ1v) is 15.5. The van der Waals surface area contributed by atoms with Crippen molar-refractivity contribution in [3.05, 3.63) is 162 Å². The summed E-state index contributed by atoms with van der Waals surface area (Å²) < 4.78 is 5.02. The van der Waals surface area contributed by atoms with Crippen molar-refractivity contribution in [2.24, 2.45) is 15.7 Å². The van der Waals surface area contributed by atoms with Gasteiger partial charge in [-0.25, -0.2) is 4.99 Å². The first-order valence-electron chi connectivity index (χ1n) is 14.7. The fraction of sp³-hybridized carbons (Fsp3) is 0.0256. The summed E-state index contributed by atoms with van der Waals surface area (Å²) in [6.45, 7) is 0.445. The summed E-state index contributed by atoms with van der Waals surface area (Å²) in [6.07, 6.45) is 0. The van der Waals surface area contributed by atoms with Crippen LogP contribution in [0.2, 0.25) is 0 Å². The van der Waals surface area contributed by atoms with Gasteiger partial charge in [0.2, 0.25) is 0 Å². The average Bonchev–Trinajstić information content (AvgIpc) is 3.63. The van der Waals surface area contributed by atoms with E-state index in [9.17, 15) is 0 Å². The lowest BCUT2D eigenvalue weighted by Crippen LogP contribution is -2.16. The molecule has 0 fully saturated rings. The summed E-state index contributed by atoms with van der Waals surface area (Å²) in [4.78, 5) is 9.93. The molecule has 5 heteroatoms. The van der Waals surface area contributed by atoms with Gasteiger partial charge in [-0.2, -0.15) is 0 Å². The van der Waals surface area contributed by atoms with E-state index in [2.05, 4.69) is 89.5 Å². The Bertz CT molecular complexity index is 2360. The molecule has 0 amide bonds. The van der Waals surface area contributed by atoms with Gasteiger partial charge >= 0.3 is 0 Å². The van der Waals surface area contributed by atoms with Crippen LogP contribution < -0.4 is 5.73 Å². The molecule has 44 heavy (non-hydrogen) atoms. The number of benzene rings is 6. The molecule has 2 heterocycles. The van der Waals surface area contributed by atoms with Crippen molar-refractivity contribution in [2.45, 2.75) is 6.54 Å². The van der Waals surface area contributed by atoms with Crippen molar-refractivity contribution in [1.29, 1.82) is 0 Å². The molecule has 2 aromatic heterocycles. The minimum atomic E-state index is 0.440. The zero-order valence-corrected chi connectivity index (χ0v) is 24.7. The van der Waals surface area contributed by atoms with E-state index >= 15 is 0 Å². The number of thiophene rings is 1. The smallest absolute Gasteiger partial charge is 0.157 e. The van der Waals surface area contributed by atoms with Crippen molar-refractivity contribution in [2.75, 3.05) is 0 Å². The molecule has 6 aromatic carbocycles. The van der Waals surface area contributed by atoms with Crippen LogP contribution >= 0.6 is 11.3 Å². The third-order valence-electron chi connectivity index (χ3n) is 8.13. The summed E-state index contributed by atoms with van der Waals surface area (Å²) in [5.74, 6) is 1.05. The van der Waals surface area contributed by atoms with Crippen LogP contribution in [0.1, 0.15) is 16.7 Å². The molecular weight excluding hydrogens is 557 g/mol. The lowest BCUT2D eigenvalue weighted by atomic mass is 10.1. The Morgan fingerprint density at radius 2 is 1.25 bits per heavy atom.